The van der Waals surface area contributed by atoms with E-state index in [1.165, 1.54) is 38.1 Å². The molecule has 78 heavy (non-hydrogen) atoms. The first-order chi connectivity index (χ1) is 37.2. The van der Waals surface area contributed by atoms with Gasteiger partial charge >= 0.3 is 0 Å². The maximum atomic E-state index is 14.4. The third-order valence-electron chi connectivity index (χ3n) is 14.5. The Kier molecular flexibility index (Phi) is 19.6. The number of carbonyl (C=O) groups excluding carboxylic acids is 7. The van der Waals surface area contributed by atoms with Crippen molar-refractivity contribution in [2.24, 2.45) is 5.92 Å². The molecule has 3 fully saturated rings. The van der Waals surface area contributed by atoms with E-state index in [0.29, 0.717) is 12.2 Å². The van der Waals surface area contributed by atoms with Crippen molar-refractivity contribution in [3.63, 3.8) is 0 Å². The zero-order chi connectivity index (χ0) is 56.4. The lowest BCUT2D eigenvalue weighted by Gasteiger charge is -2.34. The van der Waals surface area contributed by atoms with Crippen molar-refractivity contribution < 1.29 is 68.9 Å². The number of aliphatic hydroxyl groups is 5. The number of nitrogens with one attached hydrogen (secondary N) is 5. The Morgan fingerprint density at radius 1 is 0.679 bits per heavy atom. The summed E-state index contributed by atoms with van der Waals surface area (Å²) in [5, 5.41) is 78.2. The van der Waals surface area contributed by atoms with Gasteiger partial charge in [-0.15, -0.1) is 0 Å². The second-order valence-electron chi connectivity index (χ2n) is 20.5. The third-order valence-corrected chi connectivity index (χ3v) is 14.5. The van der Waals surface area contributed by atoms with Crippen LogP contribution >= 0.6 is 0 Å². The lowest BCUT2D eigenvalue weighted by atomic mass is 9.99. The number of ether oxygens (including phenoxy) is 1. The van der Waals surface area contributed by atoms with Gasteiger partial charge in [0, 0.05) is 44.0 Å². The minimum atomic E-state index is -1.91. The van der Waals surface area contributed by atoms with Crippen molar-refractivity contribution in [3.8, 4) is 33.8 Å². The Bertz CT molecular complexity index is 2740. The van der Waals surface area contributed by atoms with Crippen molar-refractivity contribution in [1.29, 1.82) is 0 Å². The number of benzene rings is 4. The molecule has 7 amide bonds. The maximum Gasteiger partial charge on any atom is 0.251 e. The van der Waals surface area contributed by atoms with E-state index in [2.05, 4.69) is 33.5 Å². The molecule has 4 aromatic rings. The highest BCUT2D eigenvalue weighted by atomic mass is 16.5. The largest absolute Gasteiger partial charge is 0.508 e. The minimum absolute atomic E-state index is 0.0907. The molecule has 4 aromatic carbocycles. The molecule has 21 heteroatoms. The number of amides is 7. The van der Waals surface area contributed by atoms with Gasteiger partial charge in [-0.25, -0.2) is 0 Å². The van der Waals surface area contributed by atoms with Gasteiger partial charge in [0.05, 0.1) is 37.1 Å². The molecule has 0 saturated carbocycles. The molecule has 11 N–H and O–H groups in total. The predicted molar refractivity (Wildman–Crippen MR) is 285 cm³/mol. The molecule has 0 radical (unpaired) electrons. The first-order valence-corrected chi connectivity index (χ1v) is 26.5. The van der Waals surface area contributed by atoms with Gasteiger partial charge in [0.15, 0.2) is 0 Å². The van der Waals surface area contributed by atoms with E-state index in [-0.39, 0.29) is 43.7 Å². The summed E-state index contributed by atoms with van der Waals surface area (Å²) >= 11 is 0. The lowest BCUT2D eigenvalue weighted by Crippen LogP contribution is -2.64. The number of hydrogen-bond donors (Lipinski definition) is 11. The van der Waals surface area contributed by atoms with Crippen molar-refractivity contribution in [2.45, 2.75) is 133 Å². The zero-order valence-corrected chi connectivity index (χ0v) is 44.1. The summed E-state index contributed by atoms with van der Waals surface area (Å²) in [7, 11) is 0. The van der Waals surface area contributed by atoms with Gasteiger partial charge in [-0.3, -0.25) is 33.6 Å². The first kappa shape index (κ1) is 58.3. The number of unbranched alkanes of at least 4 members (excludes halogenated alkanes) is 2. The fourth-order valence-corrected chi connectivity index (χ4v) is 9.98. The van der Waals surface area contributed by atoms with Crippen molar-refractivity contribution in [2.75, 3.05) is 26.2 Å². The number of phenols is 1. The second kappa shape index (κ2) is 26.3. The number of carbonyl (C=O) groups is 7. The fourth-order valence-electron chi connectivity index (χ4n) is 9.98. The second-order valence-corrected chi connectivity index (χ2v) is 20.5. The summed E-state index contributed by atoms with van der Waals surface area (Å²) in [6, 6.07) is 17.8. The number of fused-ring (bicyclic) bond motifs is 2. The first-order valence-electron chi connectivity index (χ1n) is 26.5. The van der Waals surface area contributed by atoms with Gasteiger partial charge in [-0.1, -0.05) is 87.4 Å². The van der Waals surface area contributed by atoms with Gasteiger partial charge in [-0.05, 0) is 90.9 Å². The summed E-state index contributed by atoms with van der Waals surface area (Å²) in [5.74, 6) is -6.81. The van der Waals surface area contributed by atoms with E-state index in [1.807, 2.05) is 48.5 Å². The van der Waals surface area contributed by atoms with Gasteiger partial charge in [0.1, 0.15) is 47.8 Å². The highest BCUT2D eigenvalue weighted by Crippen LogP contribution is 2.29. The van der Waals surface area contributed by atoms with E-state index in [1.54, 1.807) is 31.2 Å². The molecule has 7 rings (SSSR count). The molecule has 418 valence electrons. The molecule has 0 bridgehead atoms. The standard InChI is InChI=1S/C57H71N7O14/c1-5-6-7-26-78-42-22-18-38(19-23-42)36-12-10-35(11-13-36)37-14-16-39(17-15-37)51(71)59-43-24-25-58-55(75)49-50(70)31(2)29-64(49)57(77)47(33(4)66)61-54(74)48(45(69)27-34-8-20-40(67)21-9-34)62-53(73)44-28-41(68)30-63(44)56(76)46(32(3)65)60-52(43)72/h8-23,31-33,41,43-50,65-70H,5-7,24-30H2,1-4H3,(H,58,75)(H,59,71)(H,60,72)(H,61,74)(H,62,73)/t31-,32?,33?,41+,43+,44-,45+,46-,47-,48?,49-,50-/m0/s1. The molecular weight excluding hydrogens is 1010 g/mol. The molecular formula is C57H71N7O14. The Labute approximate surface area is 452 Å². The van der Waals surface area contributed by atoms with Gasteiger partial charge in [0.25, 0.3) is 5.91 Å². The third kappa shape index (κ3) is 14.2. The Morgan fingerprint density at radius 2 is 1.22 bits per heavy atom. The molecule has 21 nitrogen and oxygen atoms in total. The molecule has 3 heterocycles. The van der Waals surface area contributed by atoms with Crippen molar-refractivity contribution in [1.82, 2.24) is 36.4 Å². The summed E-state index contributed by atoms with van der Waals surface area (Å²) in [4.78, 5) is 102. The number of phenolic OH excluding ortho intramolecular Hbond substituents is 1. The average molecular weight is 1080 g/mol. The number of hydrogen-bond acceptors (Lipinski definition) is 14. The summed E-state index contributed by atoms with van der Waals surface area (Å²) in [5.41, 5.74) is 4.19. The number of aromatic hydroxyl groups is 1. The predicted octanol–water partition coefficient (Wildman–Crippen LogP) is 0.903. The van der Waals surface area contributed by atoms with Crippen LogP contribution in [0.15, 0.2) is 97.1 Å². The van der Waals surface area contributed by atoms with Gasteiger partial charge < -0.3 is 71.8 Å². The summed E-state index contributed by atoms with van der Waals surface area (Å²) in [6.45, 7) is 5.76. The van der Waals surface area contributed by atoms with Crippen LogP contribution in [-0.4, -0.2) is 175 Å². The smallest absolute Gasteiger partial charge is 0.251 e. The fraction of sp³-hybridized carbons (Fsp3) is 0.456. The number of rotatable bonds is 14. The highest BCUT2D eigenvalue weighted by Gasteiger charge is 2.49. The Morgan fingerprint density at radius 3 is 1.79 bits per heavy atom. The topological polar surface area (TPSA) is 317 Å². The normalized spacial score (nSPS) is 25.8. The Balaban J connectivity index is 1.14. The van der Waals surface area contributed by atoms with E-state index < -0.39 is 121 Å². The molecule has 0 aliphatic carbocycles. The quantitative estimate of drug-likeness (QED) is 0.0783. The zero-order valence-electron chi connectivity index (χ0n) is 44.1. The van der Waals surface area contributed by atoms with Crippen LogP contribution in [0.1, 0.15) is 75.7 Å². The van der Waals surface area contributed by atoms with Gasteiger partial charge in [-0.2, -0.15) is 0 Å². The highest BCUT2D eigenvalue weighted by molar-refractivity contribution is 6.00. The molecule has 0 spiro atoms. The average Bonchev–Trinajstić information content (AvgIpc) is 3.98. The Hall–Kier alpha value is -7.43. The summed E-state index contributed by atoms with van der Waals surface area (Å²) < 4.78 is 5.85. The van der Waals surface area contributed by atoms with Crippen LogP contribution in [-0.2, 0) is 35.2 Å². The SMILES string of the molecule is CCCCCOc1ccc(-c2ccc(-c3ccc(C(=O)N[C@@H]4CCNC(=O)[C@@H]5[C@@H](O)[C@@H](C)CN5C(=O)[C@H](C(C)O)NC(=O)C([C@H](O)Cc5ccc(O)cc5)NC(=O)[C@@H]5C[C@@H](O)CN5C(=O)[C@H](C(C)O)NC4=O)cc3)cc2)cc1. The van der Waals surface area contributed by atoms with Crippen LogP contribution in [0.5, 0.6) is 11.5 Å². The van der Waals surface area contributed by atoms with Crippen LogP contribution < -0.4 is 31.3 Å². The molecule has 0 aromatic heterocycles. The molecule has 3 unspecified atom stereocenters. The van der Waals surface area contributed by atoms with Crippen LogP contribution in [0.4, 0.5) is 0 Å². The molecule has 3 aliphatic heterocycles. The minimum Gasteiger partial charge on any atom is -0.508 e. The maximum absolute atomic E-state index is 14.4. The van der Waals surface area contributed by atoms with Crippen LogP contribution in [0.25, 0.3) is 22.3 Å². The monoisotopic (exact) mass is 1080 g/mol. The van der Waals surface area contributed by atoms with E-state index in [0.717, 1.165) is 57.1 Å². The molecule has 12 atom stereocenters. The van der Waals surface area contributed by atoms with Gasteiger partial charge in [0.2, 0.25) is 35.4 Å². The number of aliphatic hydroxyl groups excluding tert-OH is 5. The van der Waals surface area contributed by atoms with Crippen molar-refractivity contribution in [3.05, 3.63) is 108 Å². The number of nitrogens with zero attached hydrogens (tertiary/aromatic N) is 2. The van der Waals surface area contributed by atoms with E-state index in [9.17, 15) is 64.2 Å². The van der Waals surface area contributed by atoms with Crippen LogP contribution in [0.2, 0.25) is 0 Å². The van der Waals surface area contributed by atoms with Crippen molar-refractivity contribution >= 4 is 41.4 Å². The van der Waals surface area contributed by atoms with Crippen LogP contribution in [0, 0.1) is 5.92 Å². The lowest BCUT2D eigenvalue weighted by molar-refractivity contribution is -0.147. The van der Waals surface area contributed by atoms with E-state index >= 15 is 0 Å². The van der Waals surface area contributed by atoms with E-state index in [4.69, 9.17) is 4.74 Å². The summed E-state index contributed by atoms with van der Waals surface area (Å²) in [6.07, 6.45) is -5.57. The van der Waals surface area contributed by atoms with Crippen LogP contribution in [0.3, 0.4) is 0 Å². The molecule has 3 aliphatic rings. The molecule has 3 saturated heterocycles.